The summed E-state index contributed by atoms with van der Waals surface area (Å²) in [4.78, 5) is 0. The summed E-state index contributed by atoms with van der Waals surface area (Å²) in [5, 5.41) is 0. The van der Waals surface area contributed by atoms with Gasteiger partial charge in [-0.25, -0.2) is 4.39 Å². The van der Waals surface area contributed by atoms with Crippen molar-refractivity contribution in [2.45, 2.75) is 26.7 Å². The van der Waals surface area contributed by atoms with Gasteiger partial charge < -0.3 is 4.74 Å². The topological polar surface area (TPSA) is 9.23 Å². The zero-order chi connectivity index (χ0) is 13.4. The molecule has 0 saturated carbocycles. The van der Waals surface area contributed by atoms with E-state index in [1.807, 2.05) is 0 Å². The smallest absolute Gasteiger partial charge is 0.165 e. The Hall–Kier alpha value is -1.20. The minimum absolute atomic E-state index is 0.264. The number of hydrogen-bond donors (Lipinski definition) is 0. The second-order valence-corrected chi connectivity index (χ2v) is 4.73. The Morgan fingerprint density at radius 2 is 2.17 bits per heavy atom. The first-order valence-electron chi connectivity index (χ1n) is 6.10. The van der Waals surface area contributed by atoms with Crippen molar-refractivity contribution in [3.05, 3.63) is 29.6 Å². The second kappa shape index (κ2) is 8.00. The van der Waals surface area contributed by atoms with Gasteiger partial charge in [-0.3, -0.25) is 0 Å². The molecule has 3 heteroatoms. The van der Waals surface area contributed by atoms with Crippen LogP contribution in [0.4, 0.5) is 4.39 Å². The number of benzene rings is 1. The fourth-order valence-corrected chi connectivity index (χ4v) is 1.57. The van der Waals surface area contributed by atoms with Crippen molar-refractivity contribution in [3.8, 4) is 17.6 Å². The van der Waals surface area contributed by atoms with E-state index in [1.165, 1.54) is 6.07 Å². The van der Waals surface area contributed by atoms with E-state index < -0.39 is 0 Å². The molecule has 0 amide bonds. The molecule has 0 aliphatic rings. The molecule has 18 heavy (non-hydrogen) atoms. The highest BCUT2D eigenvalue weighted by Crippen LogP contribution is 2.19. The molecule has 1 nitrogen and oxygen atoms in total. The standard InChI is InChI=1S/C15H18ClFO/c1-12(2)5-4-10-18-15-11-13(6-3-9-16)7-8-14(15)17/h7-8,11-12H,4-5,9-10H2,1-2H3. The fourth-order valence-electron chi connectivity index (χ4n) is 1.50. The Labute approximate surface area is 113 Å². The van der Waals surface area contributed by atoms with Gasteiger partial charge in [-0.05, 0) is 37.0 Å². The van der Waals surface area contributed by atoms with Gasteiger partial charge in [0, 0.05) is 5.56 Å². The first-order chi connectivity index (χ1) is 8.63. The van der Waals surface area contributed by atoms with E-state index in [9.17, 15) is 4.39 Å². The number of halogens is 2. The molecule has 1 aromatic carbocycles. The summed E-state index contributed by atoms with van der Waals surface area (Å²) in [6, 6.07) is 4.61. The molecule has 0 unspecified atom stereocenters. The molecule has 0 bridgehead atoms. The minimum atomic E-state index is -0.351. The molecule has 1 aromatic rings. The van der Waals surface area contributed by atoms with Crippen molar-refractivity contribution >= 4 is 11.6 Å². The van der Waals surface area contributed by atoms with Gasteiger partial charge in [-0.15, -0.1) is 11.6 Å². The van der Waals surface area contributed by atoms with Gasteiger partial charge in [0.25, 0.3) is 0 Å². The highest BCUT2D eigenvalue weighted by Gasteiger charge is 2.04. The lowest BCUT2D eigenvalue weighted by atomic mass is 10.1. The molecule has 0 radical (unpaired) electrons. The van der Waals surface area contributed by atoms with Crippen LogP contribution in [0.5, 0.6) is 5.75 Å². The van der Waals surface area contributed by atoms with Crippen molar-refractivity contribution in [3.63, 3.8) is 0 Å². The molecule has 0 aliphatic heterocycles. The zero-order valence-corrected chi connectivity index (χ0v) is 11.6. The van der Waals surface area contributed by atoms with Crippen molar-refractivity contribution < 1.29 is 9.13 Å². The lowest BCUT2D eigenvalue weighted by Crippen LogP contribution is -2.01. The van der Waals surface area contributed by atoms with Gasteiger partial charge in [-0.2, -0.15) is 0 Å². The van der Waals surface area contributed by atoms with Crippen LogP contribution in [0, 0.1) is 23.6 Å². The maximum atomic E-state index is 13.5. The van der Waals surface area contributed by atoms with Crippen molar-refractivity contribution in [2.24, 2.45) is 5.92 Å². The summed E-state index contributed by atoms with van der Waals surface area (Å²) in [7, 11) is 0. The van der Waals surface area contributed by atoms with Crippen molar-refractivity contribution in [1.29, 1.82) is 0 Å². The van der Waals surface area contributed by atoms with Crippen LogP contribution in [-0.2, 0) is 0 Å². The lowest BCUT2D eigenvalue weighted by Gasteiger charge is -2.08. The van der Waals surface area contributed by atoms with Gasteiger partial charge in [-0.1, -0.05) is 25.7 Å². The predicted octanol–water partition coefficient (Wildman–Crippen LogP) is 4.23. The summed E-state index contributed by atoms with van der Waals surface area (Å²) in [5.41, 5.74) is 0.718. The Bertz CT molecular complexity index is 432. The van der Waals surface area contributed by atoms with Crippen LogP contribution < -0.4 is 4.74 Å². The van der Waals surface area contributed by atoms with Crippen LogP contribution in [0.3, 0.4) is 0 Å². The molecule has 0 aromatic heterocycles. The maximum absolute atomic E-state index is 13.5. The van der Waals surface area contributed by atoms with E-state index in [-0.39, 0.29) is 17.4 Å². The van der Waals surface area contributed by atoms with Gasteiger partial charge >= 0.3 is 0 Å². The molecule has 0 aliphatic carbocycles. The predicted molar refractivity (Wildman–Crippen MR) is 73.6 cm³/mol. The Morgan fingerprint density at radius 3 is 2.83 bits per heavy atom. The second-order valence-electron chi connectivity index (χ2n) is 4.47. The molecule has 0 atom stereocenters. The normalized spacial score (nSPS) is 10.1. The Balaban J connectivity index is 2.58. The van der Waals surface area contributed by atoms with Crippen LogP contribution in [0.2, 0.25) is 0 Å². The molecule has 0 heterocycles. The molecular formula is C15H18ClFO. The molecule has 1 rings (SSSR count). The van der Waals surface area contributed by atoms with E-state index in [4.69, 9.17) is 16.3 Å². The van der Waals surface area contributed by atoms with E-state index in [2.05, 4.69) is 25.7 Å². The zero-order valence-electron chi connectivity index (χ0n) is 10.8. The molecule has 0 fully saturated rings. The van der Waals surface area contributed by atoms with Gasteiger partial charge in [0.2, 0.25) is 0 Å². The first-order valence-corrected chi connectivity index (χ1v) is 6.64. The maximum Gasteiger partial charge on any atom is 0.165 e. The number of alkyl halides is 1. The van der Waals surface area contributed by atoms with Crippen LogP contribution in [0.1, 0.15) is 32.3 Å². The van der Waals surface area contributed by atoms with Gasteiger partial charge in [0.15, 0.2) is 11.6 Å². The Kier molecular flexibility index (Phi) is 6.60. The molecular weight excluding hydrogens is 251 g/mol. The summed E-state index contributed by atoms with van der Waals surface area (Å²) in [6.45, 7) is 4.84. The monoisotopic (exact) mass is 268 g/mol. The lowest BCUT2D eigenvalue weighted by molar-refractivity contribution is 0.284. The SMILES string of the molecule is CC(C)CCCOc1cc(C#CCCl)ccc1F. The summed E-state index contributed by atoms with van der Waals surface area (Å²) in [5.74, 6) is 6.39. The summed E-state index contributed by atoms with van der Waals surface area (Å²) >= 11 is 5.48. The van der Waals surface area contributed by atoms with Crippen LogP contribution in [0.15, 0.2) is 18.2 Å². The highest BCUT2D eigenvalue weighted by molar-refractivity contribution is 6.19. The first kappa shape index (κ1) is 14.9. The largest absolute Gasteiger partial charge is 0.490 e. The number of rotatable bonds is 5. The van der Waals surface area contributed by atoms with Crippen LogP contribution in [0.25, 0.3) is 0 Å². The third kappa shape index (κ3) is 5.42. The fraction of sp³-hybridized carbons (Fsp3) is 0.467. The van der Waals surface area contributed by atoms with Crippen LogP contribution in [-0.4, -0.2) is 12.5 Å². The minimum Gasteiger partial charge on any atom is -0.490 e. The third-order valence-electron chi connectivity index (χ3n) is 2.41. The van der Waals surface area contributed by atoms with Gasteiger partial charge in [0.05, 0.1) is 12.5 Å². The van der Waals surface area contributed by atoms with Crippen molar-refractivity contribution in [2.75, 3.05) is 12.5 Å². The van der Waals surface area contributed by atoms with E-state index in [0.29, 0.717) is 12.5 Å². The molecule has 98 valence electrons. The average molecular weight is 269 g/mol. The van der Waals surface area contributed by atoms with E-state index in [1.54, 1.807) is 12.1 Å². The summed E-state index contributed by atoms with van der Waals surface area (Å²) < 4.78 is 18.9. The highest BCUT2D eigenvalue weighted by atomic mass is 35.5. The van der Waals surface area contributed by atoms with Gasteiger partial charge in [0.1, 0.15) is 0 Å². The van der Waals surface area contributed by atoms with E-state index >= 15 is 0 Å². The molecule has 0 spiro atoms. The quantitative estimate of drug-likeness (QED) is 0.441. The van der Waals surface area contributed by atoms with E-state index in [0.717, 1.165) is 18.4 Å². The van der Waals surface area contributed by atoms with Crippen molar-refractivity contribution in [1.82, 2.24) is 0 Å². The van der Waals surface area contributed by atoms with Crippen LogP contribution >= 0.6 is 11.6 Å². The molecule has 0 N–H and O–H groups in total. The number of hydrogen-bond acceptors (Lipinski definition) is 1. The third-order valence-corrected chi connectivity index (χ3v) is 2.55. The molecule has 0 saturated heterocycles. The summed E-state index contributed by atoms with van der Waals surface area (Å²) in [6.07, 6.45) is 2.00. The Morgan fingerprint density at radius 1 is 1.39 bits per heavy atom. The number of ether oxygens (including phenoxy) is 1. The average Bonchev–Trinajstić information content (AvgIpc) is 2.34.